The van der Waals surface area contributed by atoms with Crippen molar-refractivity contribution in [3.63, 3.8) is 0 Å². The summed E-state index contributed by atoms with van der Waals surface area (Å²) in [6, 6.07) is 8.07. The van der Waals surface area contributed by atoms with Gasteiger partial charge in [0.1, 0.15) is 17.7 Å². The zero-order valence-electron chi connectivity index (χ0n) is 23.3. The molecule has 0 saturated carbocycles. The van der Waals surface area contributed by atoms with Gasteiger partial charge < -0.3 is 26.0 Å². The van der Waals surface area contributed by atoms with Crippen LogP contribution in [0.5, 0.6) is 0 Å². The molecular formula is C29H37ClN4O5. The molecule has 9 nitrogen and oxygen atoms in total. The van der Waals surface area contributed by atoms with Crippen LogP contribution in [0.1, 0.15) is 55.5 Å². The minimum atomic E-state index is -1.39. The Morgan fingerprint density at radius 2 is 1.74 bits per heavy atom. The van der Waals surface area contributed by atoms with Crippen molar-refractivity contribution in [2.75, 3.05) is 11.9 Å². The Labute approximate surface area is 234 Å². The number of hydrogen-bond donors (Lipinski definition) is 3. The fourth-order valence-electron chi connectivity index (χ4n) is 3.90. The highest BCUT2D eigenvalue weighted by atomic mass is 35.5. The monoisotopic (exact) mass is 556 g/mol. The lowest BCUT2D eigenvalue weighted by Crippen LogP contribution is -2.53. The number of anilines is 1. The highest BCUT2D eigenvalue weighted by molar-refractivity contribution is 6.34. The van der Waals surface area contributed by atoms with Crippen molar-refractivity contribution in [3.05, 3.63) is 76.3 Å². The lowest BCUT2D eigenvalue weighted by atomic mass is 9.97. The van der Waals surface area contributed by atoms with Gasteiger partial charge in [-0.25, -0.2) is 4.79 Å². The number of carbonyl (C=O) groups excluding carboxylic acids is 4. The summed E-state index contributed by atoms with van der Waals surface area (Å²) in [7, 11) is 0. The van der Waals surface area contributed by atoms with E-state index in [1.54, 1.807) is 52.0 Å². The number of ether oxygens (including phenoxy) is 1. The number of amides is 4. The molecule has 0 aliphatic heterocycles. The highest BCUT2D eigenvalue weighted by Crippen LogP contribution is 2.30. The number of hydrogen-bond acceptors (Lipinski definition) is 5. The SMILES string of the molecule is C=CCN(C(=O)C(CC(N)=O)NC(=O)OC(C)(C)C)C(C(=O)Nc1c(C)cccc1Cl)c1ccc(C)c(C)c1. The number of halogens is 1. The van der Waals surface area contributed by atoms with Gasteiger partial charge in [0.25, 0.3) is 5.91 Å². The second-order valence-corrected chi connectivity index (χ2v) is 10.7. The second-order valence-electron chi connectivity index (χ2n) is 10.3. The molecule has 2 aromatic carbocycles. The Bertz CT molecular complexity index is 1230. The number of carbonyl (C=O) groups is 4. The molecule has 2 rings (SSSR count). The molecule has 0 aliphatic rings. The molecule has 4 amide bonds. The zero-order valence-corrected chi connectivity index (χ0v) is 24.0. The Morgan fingerprint density at radius 1 is 1.08 bits per heavy atom. The van der Waals surface area contributed by atoms with E-state index in [1.807, 2.05) is 26.0 Å². The van der Waals surface area contributed by atoms with E-state index >= 15 is 0 Å². The number of aryl methyl sites for hydroxylation is 3. The maximum atomic E-state index is 13.9. The standard InChI is InChI=1S/C29H37ClN4O5/c1-8-14-34(27(37)22(16-23(31)35)32-28(38)39-29(5,6)7)25(20-13-12-17(2)19(4)15-20)26(36)33-24-18(3)10-9-11-21(24)30/h8-13,15,22,25H,1,14,16H2,2-7H3,(H2,31,35)(H,32,38)(H,33,36). The lowest BCUT2D eigenvalue weighted by Gasteiger charge is -2.34. The Balaban J connectivity index is 2.59. The molecule has 4 N–H and O–H groups in total. The predicted octanol–water partition coefficient (Wildman–Crippen LogP) is 4.73. The second kappa shape index (κ2) is 13.3. The van der Waals surface area contributed by atoms with Gasteiger partial charge in [-0.1, -0.05) is 48.0 Å². The third-order valence-electron chi connectivity index (χ3n) is 5.88. The van der Waals surface area contributed by atoms with E-state index in [0.29, 0.717) is 16.3 Å². The van der Waals surface area contributed by atoms with Gasteiger partial charge in [0, 0.05) is 6.54 Å². The van der Waals surface area contributed by atoms with Crippen molar-refractivity contribution >= 4 is 41.1 Å². The molecule has 0 bridgehead atoms. The van der Waals surface area contributed by atoms with Crippen molar-refractivity contribution in [2.45, 2.75) is 65.6 Å². The van der Waals surface area contributed by atoms with E-state index in [9.17, 15) is 19.2 Å². The van der Waals surface area contributed by atoms with Gasteiger partial charge in [0.2, 0.25) is 11.8 Å². The van der Waals surface area contributed by atoms with Gasteiger partial charge in [-0.05, 0) is 69.9 Å². The van der Waals surface area contributed by atoms with E-state index in [-0.39, 0.29) is 6.54 Å². The first-order chi connectivity index (χ1) is 18.1. The summed E-state index contributed by atoms with van der Waals surface area (Å²) in [6.45, 7) is 14.3. The summed E-state index contributed by atoms with van der Waals surface area (Å²) < 4.78 is 5.28. The number of nitrogens with two attached hydrogens (primary N) is 1. The minimum absolute atomic E-state index is 0.0728. The van der Waals surface area contributed by atoms with Crippen molar-refractivity contribution < 1.29 is 23.9 Å². The van der Waals surface area contributed by atoms with Gasteiger partial charge >= 0.3 is 6.09 Å². The van der Waals surface area contributed by atoms with E-state index in [2.05, 4.69) is 17.2 Å². The van der Waals surface area contributed by atoms with Crippen LogP contribution in [-0.2, 0) is 19.1 Å². The number of alkyl carbamates (subject to hydrolysis) is 1. The zero-order chi connectivity index (χ0) is 29.5. The summed E-state index contributed by atoms with van der Waals surface area (Å²) in [5, 5.41) is 5.63. The largest absolute Gasteiger partial charge is 0.444 e. The van der Waals surface area contributed by atoms with Crippen LogP contribution in [0.25, 0.3) is 0 Å². The quantitative estimate of drug-likeness (QED) is 0.364. The molecule has 0 aromatic heterocycles. The van der Waals surface area contributed by atoms with Crippen LogP contribution in [0.2, 0.25) is 5.02 Å². The fourth-order valence-corrected chi connectivity index (χ4v) is 4.17. The van der Waals surface area contributed by atoms with Gasteiger partial charge in [-0.15, -0.1) is 6.58 Å². The van der Waals surface area contributed by atoms with Gasteiger partial charge in [0.05, 0.1) is 17.1 Å². The molecule has 2 aromatic rings. The third kappa shape index (κ3) is 8.85. The van der Waals surface area contributed by atoms with Crippen molar-refractivity contribution in [1.29, 1.82) is 0 Å². The number of para-hydroxylation sites is 1. The molecule has 0 heterocycles. The van der Waals surface area contributed by atoms with Crippen molar-refractivity contribution in [3.8, 4) is 0 Å². The molecule has 0 saturated heterocycles. The van der Waals surface area contributed by atoms with E-state index in [0.717, 1.165) is 16.7 Å². The topological polar surface area (TPSA) is 131 Å². The van der Waals surface area contributed by atoms with Crippen LogP contribution in [0, 0.1) is 20.8 Å². The molecule has 10 heteroatoms. The smallest absolute Gasteiger partial charge is 0.408 e. The average molecular weight is 557 g/mol. The Hall–Kier alpha value is -3.85. The van der Waals surface area contributed by atoms with Crippen LogP contribution < -0.4 is 16.4 Å². The molecule has 0 spiro atoms. The number of rotatable bonds is 10. The van der Waals surface area contributed by atoms with E-state index in [4.69, 9.17) is 22.1 Å². The normalized spacial score (nSPS) is 12.6. The van der Waals surface area contributed by atoms with E-state index < -0.39 is 47.9 Å². The number of benzene rings is 2. The highest BCUT2D eigenvalue weighted by Gasteiger charge is 2.37. The van der Waals surface area contributed by atoms with Gasteiger partial charge in [-0.2, -0.15) is 0 Å². The first-order valence-electron chi connectivity index (χ1n) is 12.5. The van der Waals surface area contributed by atoms with Gasteiger partial charge in [-0.3, -0.25) is 14.4 Å². The molecule has 39 heavy (non-hydrogen) atoms. The van der Waals surface area contributed by atoms with Crippen molar-refractivity contribution in [2.24, 2.45) is 5.73 Å². The summed E-state index contributed by atoms with van der Waals surface area (Å²) in [6.07, 6.45) is 0.0466. The van der Waals surface area contributed by atoms with Crippen LogP contribution >= 0.6 is 11.6 Å². The summed E-state index contributed by atoms with van der Waals surface area (Å²) in [5.41, 5.74) is 8.13. The predicted molar refractivity (Wildman–Crippen MR) is 152 cm³/mol. The average Bonchev–Trinajstić information content (AvgIpc) is 2.81. The Kier molecular flexibility index (Phi) is 10.7. The maximum Gasteiger partial charge on any atom is 0.408 e. The van der Waals surface area contributed by atoms with Crippen LogP contribution in [-0.4, -0.2) is 46.9 Å². The molecule has 0 aliphatic carbocycles. The van der Waals surface area contributed by atoms with Crippen LogP contribution in [0.3, 0.4) is 0 Å². The summed E-state index contributed by atoms with van der Waals surface area (Å²) in [4.78, 5) is 53.5. The lowest BCUT2D eigenvalue weighted by molar-refractivity contribution is -0.141. The van der Waals surface area contributed by atoms with E-state index in [1.165, 1.54) is 11.0 Å². The number of nitrogens with one attached hydrogen (secondary N) is 2. The molecule has 0 fully saturated rings. The first kappa shape index (κ1) is 31.4. The Morgan fingerprint density at radius 3 is 2.28 bits per heavy atom. The minimum Gasteiger partial charge on any atom is -0.444 e. The maximum absolute atomic E-state index is 13.9. The summed E-state index contributed by atoms with van der Waals surface area (Å²) >= 11 is 6.37. The fraction of sp³-hybridized carbons (Fsp3) is 0.379. The first-order valence-corrected chi connectivity index (χ1v) is 12.8. The molecular weight excluding hydrogens is 520 g/mol. The number of primary amides is 1. The molecule has 210 valence electrons. The third-order valence-corrected chi connectivity index (χ3v) is 6.20. The molecule has 0 radical (unpaired) electrons. The molecule has 2 unspecified atom stereocenters. The number of nitrogens with zero attached hydrogens (tertiary/aromatic N) is 1. The van der Waals surface area contributed by atoms with Crippen LogP contribution in [0.4, 0.5) is 10.5 Å². The van der Waals surface area contributed by atoms with Gasteiger partial charge in [0.15, 0.2) is 0 Å². The van der Waals surface area contributed by atoms with Crippen molar-refractivity contribution in [1.82, 2.24) is 10.2 Å². The van der Waals surface area contributed by atoms with Crippen LogP contribution in [0.15, 0.2) is 49.1 Å². The molecule has 2 atom stereocenters. The summed E-state index contributed by atoms with van der Waals surface area (Å²) in [5.74, 6) is -2.07.